The summed E-state index contributed by atoms with van der Waals surface area (Å²) in [4.78, 5) is 0. The Morgan fingerprint density at radius 1 is 0.345 bits per heavy atom. The zero-order valence-electron chi connectivity index (χ0n) is 20.8. The summed E-state index contributed by atoms with van der Waals surface area (Å²) in [6.45, 7) is 13.9. The van der Waals surface area contributed by atoms with Crippen LogP contribution in [0.2, 0.25) is 0 Å². The quantitative estimate of drug-likeness (QED) is 0.122. The fraction of sp³-hybridized carbons (Fsp3) is 1.00. The molecule has 0 bridgehead atoms. The van der Waals surface area contributed by atoms with Crippen molar-refractivity contribution >= 4 is 49.8 Å². The van der Waals surface area contributed by atoms with Gasteiger partial charge in [0.2, 0.25) is 0 Å². The van der Waals surface area contributed by atoms with Gasteiger partial charge in [-0.3, -0.25) is 0 Å². The van der Waals surface area contributed by atoms with Gasteiger partial charge in [-0.25, -0.2) is 0 Å². The van der Waals surface area contributed by atoms with Crippen LogP contribution in [0.1, 0.15) is 119 Å². The summed E-state index contributed by atoms with van der Waals surface area (Å²) in [5.74, 6) is 0. The van der Waals surface area contributed by atoms with Crippen molar-refractivity contribution in [2.45, 2.75) is 119 Å². The van der Waals surface area contributed by atoms with Gasteiger partial charge in [0.05, 0.1) is 0 Å². The van der Waals surface area contributed by atoms with Crippen LogP contribution in [0.3, 0.4) is 0 Å². The predicted octanol–water partition coefficient (Wildman–Crippen LogP) is 10.9. The fourth-order valence-electron chi connectivity index (χ4n) is 2.96. The van der Waals surface area contributed by atoms with Gasteiger partial charge < -0.3 is 0 Å². The van der Waals surface area contributed by atoms with Gasteiger partial charge in [-0.1, -0.05) is 80.1 Å². The predicted molar refractivity (Wildman–Crippen MR) is 153 cm³/mol. The third-order valence-electron chi connectivity index (χ3n) is 4.97. The van der Waals surface area contributed by atoms with Gasteiger partial charge in [-0.05, 0) is 75.5 Å². The van der Waals surface area contributed by atoms with Crippen LogP contribution in [-0.2, 0) is 21.1 Å². The summed E-state index contributed by atoms with van der Waals surface area (Å²) in [6, 6.07) is 0. The summed E-state index contributed by atoms with van der Waals surface area (Å²) in [5.41, 5.74) is 0. The molecule has 0 radical (unpaired) electrons. The van der Waals surface area contributed by atoms with Crippen LogP contribution in [0.4, 0.5) is 0 Å². The van der Waals surface area contributed by atoms with Crippen molar-refractivity contribution in [2.24, 2.45) is 0 Å². The minimum absolute atomic E-state index is 0. The van der Waals surface area contributed by atoms with Gasteiger partial charge in [0.25, 0.3) is 0 Å². The maximum atomic E-state index is 2.31. The molecule has 0 amide bonds. The van der Waals surface area contributed by atoms with Crippen LogP contribution in [0, 0.1) is 0 Å². The molecule has 0 rings (SSSR count). The van der Waals surface area contributed by atoms with Gasteiger partial charge in [-0.15, -0.1) is 49.8 Å². The maximum absolute atomic E-state index is 2.31. The molecule has 0 aromatic rings. The first-order chi connectivity index (χ1) is 12.7. The van der Waals surface area contributed by atoms with E-state index in [0.717, 1.165) is 0 Å². The summed E-state index contributed by atoms with van der Waals surface area (Å²) in [6.07, 6.45) is 26.4. The average molecular weight is 762 g/mol. The molecule has 0 unspecified atom stereocenters. The third-order valence-corrected chi connectivity index (χ3v) is 10.7. The van der Waals surface area contributed by atoms with E-state index in [2.05, 4.69) is 41.5 Å². The molecule has 0 saturated carbocycles. The Morgan fingerprint density at radius 2 is 0.483 bits per heavy atom. The Labute approximate surface area is 225 Å². The number of rotatable bonds is 18. The number of halogens is 2. The molecule has 0 saturated heterocycles. The molecule has 0 atom stereocenters. The smallest absolute Gasteiger partial charge is 0 e. The topological polar surface area (TPSA) is 0 Å². The first-order valence-electron chi connectivity index (χ1n) is 12.1. The molecular formula is C24H56Br2P2Pt. The molecule has 0 spiro atoms. The molecule has 0 aliphatic heterocycles. The van der Waals surface area contributed by atoms with E-state index in [9.17, 15) is 0 Å². The van der Waals surface area contributed by atoms with Gasteiger partial charge in [-0.2, -0.15) is 0 Å². The number of hydrogen-bond donors (Lipinski definition) is 0. The van der Waals surface area contributed by atoms with Crippen LogP contribution < -0.4 is 0 Å². The monoisotopic (exact) mass is 759 g/mol. The molecular weight excluding hydrogens is 705 g/mol. The van der Waals surface area contributed by atoms with E-state index in [1.54, 1.807) is 37.0 Å². The zero-order valence-corrected chi connectivity index (χ0v) is 28.2. The standard InChI is InChI=1S/2C12H27P.2BrH.Pt/c2*1-4-7-10-13(11-8-5-2)12-9-6-3;;;/h2*4-12H2,1-3H3;2*1H;. The fourth-order valence-corrected chi connectivity index (χ4v) is 8.88. The van der Waals surface area contributed by atoms with Gasteiger partial charge in [0.15, 0.2) is 0 Å². The van der Waals surface area contributed by atoms with E-state index >= 15 is 0 Å². The van der Waals surface area contributed by atoms with Crippen LogP contribution in [0.15, 0.2) is 0 Å². The second-order valence-electron chi connectivity index (χ2n) is 7.80. The molecule has 0 aromatic heterocycles. The average Bonchev–Trinajstić information content (AvgIpc) is 2.67. The van der Waals surface area contributed by atoms with Crippen molar-refractivity contribution in [3.63, 3.8) is 0 Å². The van der Waals surface area contributed by atoms with E-state index in [1.165, 1.54) is 77.0 Å². The first kappa shape index (κ1) is 41.7. The molecule has 29 heavy (non-hydrogen) atoms. The maximum Gasteiger partial charge on any atom is 0 e. The van der Waals surface area contributed by atoms with Crippen molar-refractivity contribution < 1.29 is 21.1 Å². The van der Waals surface area contributed by atoms with Crippen molar-refractivity contribution in [1.29, 1.82) is 0 Å². The van der Waals surface area contributed by atoms with Crippen LogP contribution in [0.25, 0.3) is 0 Å². The molecule has 5 heteroatoms. The summed E-state index contributed by atoms with van der Waals surface area (Å²) in [5, 5.41) is 0. The van der Waals surface area contributed by atoms with Crippen LogP contribution >= 0.6 is 49.8 Å². The van der Waals surface area contributed by atoms with E-state index in [0.29, 0.717) is 15.8 Å². The van der Waals surface area contributed by atoms with Crippen molar-refractivity contribution in [3.8, 4) is 0 Å². The van der Waals surface area contributed by atoms with Crippen LogP contribution in [-0.4, -0.2) is 37.0 Å². The van der Waals surface area contributed by atoms with Gasteiger partial charge in [0.1, 0.15) is 0 Å². The minimum atomic E-state index is 0. The Kier molecular flexibility index (Phi) is 54.4. The Balaban J connectivity index is -0.000000120. The molecule has 0 fully saturated rings. The van der Waals surface area contributed by atoms with Crippen molar-refractivity contribution in [3.05, 3.63) is 0 Å². The van der Waals surface area contributed by atoms with E-state index in [4.69, 9.17) is 0 Å². The van der Waals surface area contributed by atoms with Crippen molar-refractivity contribution in [2.75, 3.05) is 37.0 Å². The second kappa shape index (κ2) is 37.8. The first-order valence-corrected chi connectivity index (χ1v) is 15.9. The molecule has 0 N–H and O–H groups in total. The van der Waals surface area contributed by atoms with Crippen molar-refractivity contribution in [1.82, 2.24) is 0 Å². The third kappa shape index (κ3) is 35.3. The summed E-state index contributed by atoms with van der Waals surface area (Å²) in [7, 11) is 0.843. The Bertz CT molecular complexity index is 185. The number of unbranched alkanes of at least 4 members (excludes halogenated alkanes) is 6. The van der Waals surface area contributed by atoms with E-state index < -0.39 is 0 Å². The Hall–Kier alpha value is 2.51. The molecule has 0 aliphatic rings. The molecule has 186 valence electrons. The minimum Gasteiger partial charge on any atom is -0.114 e. The zero-order chi connectivity index (χ0) is 19.9. The Morgan fingerprint density at radius 3 is 0.586 bits per heavy atom. The molecule has 0 nitrogen and oxygen atoms in total. The SMILES string of the molecule is Br.Br.CCCCP(CCCC)CCCC.CCCCP(CCCC)CCCC.[Pt]. The molecule has 0 heterocycles. The van der Waals surface area contributed by atoms with Crippen LogP contribution in [0.5, 0.6) is 0 Å². The summed E-state index contributed by atoms with van der Waals surface area (Å²) >= 11 is 0. The van der Waals surface area contributed by atoms with E-state index in [1.807, 2.05) is 0 Å². The van der Waals surface area contributed by atoms with Gasteiger partial charge in [0, 0.05) is 21.1 Å². The second-order valence-corrected chi connectivity index (χ2v) is 13.2. The summed E-state index contributed by atoms with van der Waals surface area (Å²) < 4.78 is 0. The molecule has 0 aromatic carbocycles. The largest absolute Gasteiger partial charge is 0.114 e. The normalized spacial score (nSPS) is 9.93. The van der Waals surface area contributed by atoms with Gasteiger partial charge >= 0.3 is 0 Å². The van der Waals surface area contributed by atoms with E-state index in [-0.39, 0.29) is 55.0 Å². The number of hydrogen-bond acceptors (Lipinski definition) is 0. The molecule has 0 aliphatic carbocycles.